The molecule has 4 saturated carbocycles. The van der Waals surface area contributed by atoms with Crippen molar-refractivity contribution in [1.29, 1.82) is 0 Å². The van der Waals surface area contributed by atoms with Gasteiger partial charge in [-0.2, -0.15) is 0 Å². The number of carbonyl (C=O) groups is 1. The highest BCUT2D eigenvalue weighted by Gasteiger charge is 2.67. The van der Waals surface area contributed by atoms with Crippen LogP contribution in [0.25, 0.3) is 0 Å². The van der Waals surface area contributed by atoms with E-state index in [0.717, 1.165) is 12.3 Å². The molecule has 0 radical (unpaired) electrons. The lowest BCUT2D eigenvalue weighted by Crippen LogP contribution is -2.64. The fraction of sp³-hybridized carbons (Fsp3) is 0.906. The Labute approximate surface area is 210 Å². The van der Waals surface area contributed by atoms with Gasteiger partial charge in [-0.05, 0) is 110 Å². The molecule has 0 aliphatic heterocycles. The molecular formula is C32H52O2. The van der Waals surface area contributed by atoms with Crippen molar-refractivity contribution in [3.8, 4) is 0 Å². The van der Waals surface area contributed by atoms with E-state index in [2.05, 4.69) is 55.4 Å². The molecule has 0 aromatic rings. The van der Waals surface area contributed by atoms with Crippen molar-refractivity contribution in [3.05, 3.63) is 11.1 Å². The predicted molar refractivity (Wildman–Crippen MR) is 140 cm³/mol. The molecule has 2 heteroatoms. The van der Waals surface area contributed by atoms with Crippen LogP contribution in [0.15, 0.2) is 11.1 Å². The van der Waals surface area contributed by atoms with Crippen LogP contribution in [0.1, 0.15) is 133 Å². The summed E-state index contributed by atoms with van der Waals surface area (Å²) in [5.41, 5.74) is 5.84. The maximum absolute atomic E-state index is 11.9. The molecule has 0 N–H and O–H groups in total. The summed E-state index contributed by atoms with van der Waals surface area (Å²) in [4.78, 5) is 11.9. The fourth-order valence-corrected chi connectivity index (χ4v) is 10.9. The minimum atomic E-state index is -0.107. The molecule has 4 fully saturated rings. The fourth-order valence-electron chi connectivity index (χ4n) is 10.9. The molecule has 7 atom stereocenters. The Balaban J connectivity index is 1.54. The van der Waals surface area contributed by atoms with Crippen LogP contribution < -0.4 is 0 Å². The van der Waals surface area contributed by atoms with E-state index in [-0.39, 0.29) is 17.5 Å². The lowest BCUT2D eigenvalue weighted by molar-refractivity contribution is -0.213. The monoisotopic (exact) mass is 468 g/mol. The number of fused-ring (bicyclic) bond motifs is 6. The predicted octanol–water partition coefficient (Wildman–Crippen LogP) is 8.88. The van der Waals surface area contributed by atoms with Crippen molar-refractivity contribution >= 4 is 5.97 Å². The Hall–Kier alpha value is -0.790. The summed E-state index contributed by atoms with van der Waals surface area (Å²) in [6.07, 6.45) is 14.5. The first-order valence-electron chi connectivity index (χ1n) is 14.5. The Morgan fingerprint density at radius 3 is 2.12 bits per heavy atom. The van der Waals surface area contributed by atoms with Crippen LogP contribution in [0.2, 0.25) is 0 Å². The zero-order chi connectivity index (χ0) is 24.9. The zero-order valence-corrected chi connectivity index (χ0v) is 23.8. The Morgan fingerprint density at radius 1 is 0.765 bits per heavy atom. The van der Waals surface area contributed by atoms with E-state index >= 15 is 0 Å². The van der Waals surface area contributed by atoms with Gasteiger partial charge in [0.05, 0.1) is 0 Å². The minimum absolute atomic E-state index is 0.0537. The average molecular weight is 469 g/mol. The molecule has 3 unspecified atom stereocenters. The SMILES string of the molecule is CC(=O)OC1CC[C@@]2(C)C(CC[C@]3(C)C2CCC2=C4CC(C)(C)CC[C@]4(C)CC[C@]23C)C1(C)C. The zero-order valence-electron chi connectivity index (χ0n) is 23.8. The van der Waals surface area contributed by atoms with Crippen molar-refractivity contribution < 1.29 is 9.53 Å². The molecule has 0 bridgehead atoms. The number of hydrogen-bond acceptors (Lipinski definition) is 2. The highest BCUT2D eigenvalue weighted by molar-refractivity contribution is 5.66. The smallest absolute Gasteiger partial charge is 0.302 e. The van der Waals surface area contributed by atoms with Gasteiger partial charge in [0, 0.05) is 12.3 Å². The topological polar surface area (TPSA) is 26.3 Å². The highest BCUT2D eigenvalue weighted by atomic mass is 16.5. The van der Waals surface area contributed by atoms with E-state index in [1.54, 1.807) is 6.92 Å². The normalized spacial score (nSPS) is 49.3. The minimum Gasteiger partial charge on any atom is -0.462 e. The third-order valence-electron chi connectivity index (χ3n) is 13.2. The van der Waals surface area contributed by atoms with Crippen LogP contribution in [0.4, 0.5) is 0 Å². The highest BCUT2D eigenvalue weighted by Crippen LogP contribution is 2.75. The first-order valence-corrected chi connectivity index (χ1v) is 14.5. The summed E-state index contributed by atoms with van der Waals surface area (Å²) in [5, 5.41) is 0. The number of rotatable bonds is 1. The number of carbonyl (C=O) groups excluding carboxylic acids is 1. The van der Waals surface area contributed by atoms with Gasteiger partial charge in [-0.3, -0.25) is 4.79 Å². The van der Waals surface area contributed by atoms with Crippen molar-refractivity contribution in [2.24, 2.45) is 44.3 Å². The van der Waals surface area contributed by atoms with E-state index in [9.17, 15) is 4.79 Å². The standard InChI is InChI=1S/C32H52O2/c1-21(33)34-26-13-14-30(7)24(28(26,4)5)12-15-32(9)25(30)11-10-22-23-20-27(2,3)16-17-29(23,6)18-19-31(22,32)8/h24-26H,10-20H2,1-9H3/t24?,25?,26?,29-,30+,31-,32-/m1/s1. The number of ether oxygens (including phenoxy) is 1. The van der Waals surface area contributed by atoms with Gasteiger partial charge in [0.1, 0.15) is 6.10 Å². The lowest BCUT2D eigenvalue weighted by Gasteiger charge is -2.71. The van der Waals surface area contributed by atoms with Gasteiger partial charge in [-0.15, -0.1) is 0 Å². The van der Waals surface area contributed by atoms with Crippen LogP contribution in [0.5, 0.6) is 0 Å². The largest absolute Gasteiger partial charge is 0.462 e. The van der Waals surface area contributed by atoms with E-state index < -0.39 is 0 Å². The molecule has 0 saturated heterocycles. The summed E-state index contributed by atoms with van der Waals surface area (Å²) in [7, 11) is 0. The van der Waals surface area contributed by atoms with Gasteiger partial charge in [0.25, 0.3) is 0 Å². The molecule has 192 valence electrons. The number of allylic oxidation sites excluding steroid dienone is 2. The molecule has 2 nitrogen and oxygen atoms in total. The van der Waals surface area contributed by atoms with Gasteiger partial charge < -0.3 is 4.74 Å². The molecule has 0 aromatic carbocycles. The second-order valence-electron chi connectivity index (χ2n) is 15.8. The first kappa shape index (κ1) is 24.9. The van der Waals surface area contributed by atoms with Crippen LogP contribution in [-0.2, 0) is 9.53 Å². The van der Waals surface area contributed by atoms with E-state index in [0.29, 0.717) is 33.0 Å². The van der Waals surface area contributed by atoms with E-state index in [1.807, 2.05) is 11.1 Å². The number of esters is 1. The summed E-state index contributed by atoms with van der Waals surface area (Å²) >= 11 is 0. The van der Waals surface area contributed by atoms with Gasteiger partial charge >= 0.3 is 5.97 Å². The molecule has 0 heterocycles. The third-order valence-corrected chi connectivity index (χ3v) is 13.2. The molecular weight excluding hydrogens is 416 g/mol. The van der Waals surface area contributed by atoms with Gasteiger partial charge in [-0.1, -0.05) is 66.5 Å². The van der Waals surface area contributed by atoms with Crippen LogP contribution in [0, 0.1) is 44.3 Å². The third kappa shape index (κ3) is 3.21. The molecule has 0 spiro atoms. The van der Waals surface area contributed by atoms with E-state index in [1.165, 1.54) is 64.2 Å². The summed E-state index contributed by atoms with van der Waals surface area (Å²) in [5.74, 6) is 1.30. The first-order chi connectivity index (χ1) is 15.6. The second-order valence-corrected chi connectivity index (χ2v) is 15.8. The summed E-state index contributed by atoms with van der Waals surface area (Å²) in [6.45, 7) is 22.1. The number of hydrogen-bond donors (Lipinski definition) is 0. The summed E-state index contributed by atoms with van der Waals surface area (Å²) < 4.78 is 5.91. The average Bonchev–Trinajstić information content (AvgIpc) is 2.72. The molecule has 5 aliphatic carbocycles. The molecule has 5 rings (SSSR count). The van der Waals surface area contributed by atoms with Gasteiger partial charge in [0.15, 0.2) is 0 Å². The quantitative estimate of drug-likeness (QED) is 0.284. The van der Waals surface area contributed by atoms with Crippen LogP contribution in [-0.4, -0.2) is 12.1 Å². The summed E-state index contributed by atoms with van der Waals surface area (Å²) in [6, 6.07) is 0. The van der Waals surface area contributed by atoms with Crippen molar-refractivity contribution in [3.63, 3.8) is 0 Å². The molecule has 0 aromatic heterocycles. The second kappa shape index (κ2) is 7.38. The Bertz CT molecular complexity index is 910. The Kier molecular flexibility index (Phi) is 5.40. The Morgan fingerprint density at radius 2 is 1.44 bits per heavy atom. The molecule has 0 amide bonds. The van der Waals surface area contributed by atoms with Crippen LogP contribution in [0.3, 0.4) is 0 Å². The van der Waals surface area contributed by atoms with Crippen LogP contribution >= 0.6 is 0 Å². The van der Waals surface area contributed by atoms with Gasteiger partial charge in [-0.25, -0.2) is 0 Å². The van der Waals surface area contributed by atoms with Crippen molar-refractivity contribution in [2.45, 2.75) is 139 Å². The molecule has 34 heavy (non-hydrogen) atoms. The van der Waals surface area contributed by atoms with Crippen molar-refractivity contribution in [2.75, 3.05) is 0 Å². The maximum atomic E-state index is 11.9. The van der Waals surface area contributed by atoms with Crippen molar-refractivity contribution in [1.82, 2.24) is 0 Å². The lowest BCUT2D eigenvalue weighted by atomic mass is 9.34. The van der Waals surface area contributed by atoms with Gasteiger partial charge in [0.2, 0.25) is 0 Å². The van der Waals surface area contributed by atoms with E-state index in [4.69, 9.17) is 4.74 Å². The molecule has 5 aliphatic rings. The maximum Gasteiger partial charge on any atom is 0.302 e.